The zero-order valence-corrected chi connectivity index (χ0v) is 12.6. The summed E-state index contributed by atoms with van der Waals surface area (Å²) in [4.78, 5) is 12.9. The minimum Gasteiger partial charge on any atom is -0.481 e. The maximum absolute atomic E-state index is 11.0. The molecule has 0 spiro atoms. The van der Waals surface area contributed by atoms with Gasteiger partial charge in [-0.3, -0.25) is 4.79 Å². The number of sulfone groups is 1. The van der Waals surface area contributed by atoms with Crippen LogP contribution < -0.4 is 0 Å². The predicted molar refractivity (Wildman–Crippen MR) is 72.5 cm³/mol. The lowest BCUT2D eigenvalue weighted by Crippen LogP contribution is -2.27. The van der Waals surface area contributed by atoms with Gasteiger partial charge in [0.25, 0.3) is 0 Å². The first-order valence-corrected chi connectivity index (χ1v) is 8.20. The van der Waals surface area contributed by atoms with Gasteiger partial charge in [0.05, 0.1) is 11.2 Å². The van der Waals surface area contributed by atoms with Crippen molar-refractivity contribution in [1.82, 2.24) is 4.90 Å². The predicted octanol–water partition coefficient (Wildman–Crippen LogP) is 1.24. The van der Waals surface area contributed by atoms with Gasteiger partial charge in [0.2, 0.25) is 0 Å². The number of nitrogens with zero attached hydrogens (tertiary/aromatic N) is 1. The fourth-order valence-electron chi connectivity index (χ4n) is 1.49. The van der Waals surface area contributed by atoms with E-state index in [2.05, 4.69) is 0 Å². The molecule has 0 aromatic carbocycles. The van der Waals surface area contributed by atoms with E-state index in [0.29, 0.717) is 13.0 Å². The molecule has 0 bridgehead atoms. The third-order valence-electron chi connectivity index (χ3n) is 3.01. The van der Waals surface area contributed by atoms with Crippen molar-refractivity contribution >= 4 is 15.8 Å². The lowest BCUT2D eigenvalue weighted by molar-refractivity contribution is -0.147. The van der Waals surface area contributed by atoms with Gasteiger partial charge in [-0.25, -0.2) is 8.42 Å². The maximum atomic E-state index is 11.0. The van der Waals surface area contributed by atoms with Gasteiger partial charge in [-0.15, -0.1) is 0 Å². The topological polar surface area (TPSA) is 74.7 Å². The number of hydrogen-bond donors (Lipinski definition) is 1. The van der Waals surface area contributed by atoms with Crippen LogP contribution in [-0.2, 0) is 14.6 Å². The SMILES string of the molecule is CN(CCCCC(C)(C)C(=O)O)CCS(C)(=O)=O. The van der Waals surface area contributed by atoms with Crippen molar-refractivity contribution in [1.29, 1.82) is 0 Å². The minimum absolute atomic E-state index is 0.171. The Morgan fingerprint density at radius 1 is 1.22 bits per heavy atom. The smallest absolute Gasteiger partial charge is 0.309 e. The van der Waals surface area contributed by atoms with Crippen molar-refractivity contribution in [2.75, 3.05) is 32.1 Å². The van der Waals surface area contributed by atoms with E-state index in [1.165, 1.54) is 6.26 Å². The molecule has 0 aromatic heterocycles. The Bertz CT molecular complexity index is 362. The van der Waals surface area contributed by atoms with Crippen LogP contribution in [-0.4, -0.2) is 56.5 Å². The Balaban J connectivity index is 3.76. The third-order valence-corrected chi connectivity index (χ3v) is 3.94. The highest BCUT2D eigenvalue weighted by Crippen LogP contribution is 2.23. The van der Waals surface area contributed by atoms with Crippen LogP contribution in [0.2, 0.25) is 0 Å². The monoisotopic (exact) mass is 279 g/mol. The molecular formula is C12H25NO4S. The first-order chi connectivity index (χ1) is 8.04. The molecule has 0 saturated heterocycles. The van der Waals surface area contributed by atoms with Crippen LogP contribution in [0.4, 0.5) is 0 Å². The van der Waals surface area contributed by atoms with E-state index in [9.17, 15) is 13.2 Å². The van der Waals surface area contributed by atoms with Gasteiger partial charge < -0.3 is 10.0 Å². The Morgan fingerprint density at radius 3 is 2.22 bits per heavy atom. The average Bonchev–Trinajstić information content (AvgIpc) is 2.20. The summed E-state index contributed by atoms with van der Waals surface area (Å²) in [7, 11) is -1.02. The van der Waals surface area contributed by atoms with Crippen LogP contribution in [0.5, 0.6) is 0 Å². The zero-order chi connectivity index (χ0) is 14.4. The highest BCUT2D eigenvalue weighted by atomic mass is 32.2. The number of carboxylic acid groups (broad SMARTS) is 1. The molecule has 0 radical (unpaired) electrons. The summed E-state index contributed by atoms with van der Waals surface area (Å²) in [5, 5.41) is 8.95. The summed E-state index contributed by atoms with van der Waals surface area (Å²) < 4.78 is 22.0. The fraction of sp³-hybridized carbons (Fsp3) is 0.917. The molecule has 18 heavy (non-hydrogen) atoms. The van der Waals surface area contributed by atoms with Gasteiger partial charge in [-0.05, 0) is 40.3 Å². The van der Waals surface area contributed by atoms with E-state index >= 15 is 0 Å². The van der Waals surface area contributed by atoms with E-state index in [-0.39, 0.29) is 5.75 Å². The molecule has 1 N–H and O–H groups in total. The Kier molecular flexibility index (Phi) is 6.84. The van der Waals surface area contributed by atoms with Crippen LogP contribution in [0.25, 0.3) is 0 Å². The van der Waals surface area contributed by atoms with E-state index in [4.69, 9.17) is 5.11 Å². The first-order valence-electron chi connectivity index (χ1n) is 6.14. The largest absolute Gasteiger partial charge is 0.481 e. The van der Waals surface area contributed by atoms with Crippen LogP contribution in [0.15, 0.2) is 0 Å². The van der Waals surface area contributed by atoms with E-state index in [1.54, 1.807) is 13.8 Å². The highest BCUT2D eigenvalue weighted by molar-refractivity contribution is 7.90. The van der Waals surface area contributed by atoms with Crippen molar-refractivity contribution in [2.45, 2.75) is 33.1 Å². The maximum Gasteiger partial charge on any atom is 0.309 e. The molecule has 0 aliphatic carbocycles. The molecule has 6 heteroatoms. The first kappa shape index (κ1) is 17.4. The average molecular weight is 279 g/mol. The van der Waals surface area contributed by atoms with Crippen LogP contribution in [0, 0.1) is 5.41 Å². The number of hydrogen-bond acceptors (Lipinski definition) is 4. The standard InChI is InChI=1S/C12H25NO4S/c1-12(2,11(14)15)7-5-6-8-13(3)9-10-18(4,16)17/h5-10H2,1-4H3,(H,14,15). The normalized spacial score (nSPS) is 12.9. The quantitative estimate of drug-likeness (QED) is 0.643. The minimum atomic E-state index is -2.90. The number of aliphatic carboxylic acids is 1. The van der Waals surface area contributed by atoms with Crippen molar-refractivity contribution in [3.63, 3.8) is 0 Å². The summed E-state index contributed by atoms with van der Waals surface area (Å²) in [5.74, 6) is -0.600. The van der Waals surface area contributed by atoms with E-state index in [0.717, 1.165) is 19.4 Å². The highest BCUT2D eigenvalue weighted by Gasteiger charge is 2.25. The number of unbranched alkanes of at least 4 members (excludes halogenated alkanes) is 1. The van der Waals surface area contributed by atoms with Crippen LogP contribution in [0.3, 0.4) is 0 Å². The lowest BCUT2D eigenvalue weighted by atomic mass is 9.87. The number of rotatable bonds is 9. The van der Waals surface area contributed by atoms with E-state index in [1.807, 2.05) is 11.9 Å². The molecule has 0 aromatic rings. The molecule has 5 nitrogen and oxygen atoms in total. The Labute approximate surface area is 110 Å². The van der Waals surface area contributed by atoms with Crippen molar-refractivity contribution in [3.05, 3.63) is 0 Å². The second kappa shape index (κ2) is 7.09. The fourth-order valence-corrected chi connectivity index (χ4v) is 2.13. The van der Waals surface area contributed by atoms with E-state index < -0.39 is 21.2 Å². The summed E-state index contributed by atoms with van der Waals surface area (Å²) >= 11 is 0. The molecule has 0 saturated carbocycles. The van der Waals surface area contributed by atoms with Crippen LogP contribution in [0.1, 0.15) is 33.1 Å². The Hall–Kier alpha value is -0.620. The second-order valence-corrected chi connectivity index (χ2v) is 7.84. The zero-order valence-electron chi connectivity index (χ0n) is 11.8. The van der Waals surface area contributed by atoms with Crippen LogP contribution >= 0.6 is 0 Å². The van der Waals surface area contributed by atoms with Crippen molar-refractivity contribution in [2.24, 2.45) is 5.41 Å². The summed E-state index contributed by atoms with van der Waals surface area (Å²) in [6, 6.07) is 0. The van der Waals surface area contributed by atoms with Gasteiger partial charge in [0.1, 0.15) is 9.84 Å². The molecule has 0 amide bonds. The van der Waals surface area contributed by atoms with Gasteiger partial charge in [0, 0.05) is 12.8 Å². The molecule has 0 aliphatic heterocycles. The van der Waals surface area contributed by atoms with Gasteiger partial charge in [-0.2, -0.15) is 0 Å². The van der Waals surface area contributed by atoms with Crippen molar-refractivity contribution in [3.8, 4) is 0 Å². The molecule has 0 rings (SSSR count). The second-order valence-electron chi connectivity index (χ2n) is 5.58. The molecule has 0 heterocycles. The molecule has 0 atom stereocenters. The molecule has 0 fully saturated rings. The summed E-state index contributed by atoms with van der Waals surface area (Å²) in [5.41, 5.74) is -0.675. The molecule has 108 valence electrons. The van der Waals surface area contributed by atoms with Gasteiger partial charge >= 0.3 is 5.97 Å². The summed E-state index contributed by atoms with van der Waals surface area (Å²) in [6.07, 6.45) is 3.60. The van der Waals surface area contributed by atoms with Gasteiger partial charge in [-0.1, -0.05) is 6.42 Å². The number of carboxylic acids is 1. The number of carbonyl (C=O) groups is 1. The van der Waals surface area contributed by atoms with Crippen molar-refractivity contribution < 1.29 is 18.3 Å². The van der Waals surface area contributed by atoms with Gasteiger partial charge in [0.15, 0.2) is 0 Å². The third kappa shape index (κ3) is 8.47. The lowest BCUT2D eigenvalue weighted by Gasteiger charge is -2.20. The molecule has 0 unspecified atom stereocenters. The Morgan fingerprint density at radius 2 is 1.78 bits per heavy atom. The molecular weight excluding hydrogens is 254 g/mol. The molecule has 0 aliphatic rings. The summed E-state index contributed by atoms with van der Waals surface area (Å²) in [6.45, 7) is 4.78.